The molecule has 1 aliphatic rings. The van der Waals surface area contributed by atoms with Gasteiger partial charge in [0.25, 0.3) is 0 Å². The molecule has 1 fully saturated rings. The molecule has 1 saturated carbocycles. The van der Waals surface area contributed by atoms with Gasteiger partial charge in [-0.05, 0) is 44.0 Å². The first-order valence-electron chi connectivity index (χ1n) is 7.16. The molecule has 0 spiro atoms. The topological polar surface area (TPSA) is 54.7 Å². The second kappa shape index (κ2) is 5.08. The number of aromatic nitrogens is 2. The third-order valence-corrected chi connectivity index (χ3v) is 4.10. The molecule has 2 aromatic rings. The molecule has 3 nitrogen and oxygen atoms in total. The first kappa shape index (κ1) is 12.3. The predicted octanol–water partition coefficient (Wildman–Crippen LogP) is 4.02. The van der Waals surface area contributed by atoms with Crippen LogP contribution in [-0.2, 0) is 0 Å². The van der Waals surface area contributed by atoms with Gasteiger partial charge >= 0.3 is 0 Å². The quantitative estimate of drug-likeness (QED) is 0.796. The molecule has 19 heavy (non-hydrogen) atoms. The van der Waals surface area contributed by atoms with E-state index in [9.17, 15) is 0 Å². The Morgan fingerprint density at radius 2 is 1.79 bits per heavy atom. The summed E-state index contributed by atoms with van der Waals surface area (Å²) in [7, 11) is 0. The standard InChI is InChI=1S/C16H21N3/c1-11-15(12-5-3-2-4-6-12)19-16(18-11)13-7-9-14(17)10-8-13/h7-10,12H,2-6,17H2,1H3,(H,18,19). The maximum Gasteiger partial charge on any atom is 0.137 e. The van der Waals surface area contributed by atoms with Crippen molar-refractivity contribution in [3.05, 3.63) is 35.7 Å². The molecule has 0 saturated heterocycles. The summed E-state index contributed by atoms with van der Waals surface area (Å²) >= 11 is 0. The normalized spacial score (nSPS) is 16.7. The van der Waals surface area contributed by atoms with E-state index in [0.717, 1.165) is 17.1 Å². The molecule has 0 atom stereocenters. The summed E-state index contributed by atoms with van der Waals surface area (Å²) in [6.07, 6.45) is 6.63. The Bertz CT molecular complexity index is 548. The smallest absolute Gasteiger partial charge is 0.137 e. The van der Waals surface area contributed by atoms with Crippen molar-refractivity contribution in [1.29, 1.82) is 0 Å². The van der Waals surface area contributed by atoms with Gasteiger partial charge in [0.1, 0.15) is 5.82 Å². The van der Waals surface area contributed by atoms with Crippen LogP contribution in [0.1, 0.15) is 49.4 Å². The highest BCUT2D eigenvalue weighted by Gasteiger charge is 2.20. The maximum absolute atomic E-state index is 5.73. The van der Waals surface area contributed by atoms with Gasteiger partial charge in [0, 0.05) is 22.9 Å². The number of rotatable bonds is 2. The Labute approximate surface area is 114 Å². The molecule has 1 aromatic heterocycles. The minimum Gasteiger partial charge on any atom is -0.399 e. The largest absolute Gasteiger partial charge is 0.399 e. The van der Waals surface area contributed by atoms with E-state index >= 15 is 0 Å². The van der Waals surface area contributed by atoms with Crippen molar-refractivity contribution < 1.29 is 0 Å². The Hall–Kier alpha value is -1.77. The molecule has 1 heterocycles. The lowest BCUT2D eigenvalue weighted by Gasteiger charge is -2.20. The number of anilines is 1. The lowest BCUT2D eigenvalue weighted by atomic mass is 9.86. The van der Waals surface area contributed by atoms with E-state index in [2.05, 4.69) is 11.9 Å². The molecular weight excluding hydrogens is 234 g/mol. The minimum atomic E-state index is 0.646. The monoisotopic (exact) mass is 255 g/mol. The molecule has 3 heteroatoms. The number of aromatic amines is 1. The Kier molecular flexibility index (Phi) is 3.28. The first-order chi connectivity index (χ1) is 9.24. The Morgan fingerprint density at radius 1 is 1.11 bits per heavy atom. The second-order valence-electron chi connectivity index (χ2n) is 5.55. The summed E-state index contributed by atoms with van der Waals surface area (Å²) in [4.78, 5) is 8.26. The summed E-state index contributed by atoms with van der Waals surface area (Å²) < 4.78 is 0. The first-order valence-corrected chi connectivity index (χ1v) is 7.16. The number of nitrogens with one attached hydrogen (secondary N) is 1. The SMILES string of the molecule is Cc1[nH]c(-c2ccc(N)cc2)nc1C1CCCCC1. The summed E-state index contributed by atoms with van der Waals surface area (Å²) in [6.45, 7) is 2.14. The number of benzene rings is 1. The average Bonchev–Trinajstić information content (AvgIpc) is 2.83. The van der Waals surface area contributed by atoms with Crippen LogP contribution in [0.25, 0.3) is 11.4 Å². The lowest BCUT2D eigenvalue weighted by molar-refractivity contribution is 0.436. The molecule has 0 unspecified atom stereocenters. The third-order valence-electron chi connectivity index (χ3n) is 4.10. The number of aryl methyl sites for hydroxylation is 1. The number of hydrogen-bond acceptors (Lipinski definition) is 2. The molecule has 0 aliphatic heterocycles. The summed E-state index contributed by atoms with van der Waals surface area (Å²) in [6, 6.07) is 7.90. The molecule has 0 radical (unpaired) electrons. The van der Waals surface area contributed by atoms with Crippen molar-refractivity contribution in [2.45, 2.75) is 44.9 Å². The van der Waals surface area contributed by atoms with Crippen LogP contribution >= 0.6 is 0 Å². The summed E-state index contributed by atoms with van der Waals surface area (Å²) in [5.74, 6) is 1.62. The second-order valence-corrected chi connectivity index (χ2v) is 5.55. The van der Waals surface area contributed by atoms with E-state index < -0.39 is 0 Å². The number of imidazole rings is 1. The molecule has 0 bridgehead atoms. The van der Waals surface area contributed by atoms with Crippen LogP contribution in [0, 0.1) is 6.92 Å². The van der Waals surface area contributed by atoms with Crippen molar-refractivity contribution in [1.82, 2.24) is 9.97 Å². The van der Waals surface area contributed by atoms with E-state index in [1.54, 1.807) is 0 Å². The lowest BCUT2D eigenvalue weighted by Crippen LogP contribution is -2.06. The molecular formula is C16H21N3. The van der Waals surface area contributed by atoms with Crippen LogP contribution < -0.4 is 5.73 Å². The number of H-pyrrole nitrogens is 1. The van der Waals surface area contributed by atoms with Gasteiger partial charge in [0.15, 0.2) is 0 Å². The maximum atomic E-state index is 5.73. The highest BCUT2D eigenvalue weighted by Crippen LogP contribution is 2.34. The fraction of sp³-hybridized carbons (Fsp3) is 0.438. The van der Waals surface area contributed by atoms with Crippen molar-refractivity contribution in [2.75, 3.05) is 5.73 Å². The number of nitrogens with two attached hydrogens (primary N) is 1. The zero-order valence-electron chi connectivity index (χ0n) is 11.4. The van der Waals surface area contributed by atoms with Gasteiger partial charge in [-0.2, -0.15) is 0 Å². The van der Waals surface area contributed by atoms with Crippen LogP contribution in [0.2, 0.25) is 0 Å². The van der Waals surface area contributed by atoms with Crippen molar-refractivity contribution in [2.24, 2.45) is 0 Å². The van der Waals surface area contributed by atoms with Crippen molar-refractivity contribution in [3.8, 4) is 11.4 Å². The minimum absolute atomic E-state index is 0.646. The van der Waals surface area contributed by atoms with E-state index in [-0.39, 0.29) is 0 Å². The van der Waals surface area contributed by atoms with E-state index in [1.165, 1.54) is 43.5 Å². The third kappa shape index (κ3) is 2.50. The zero-order chi connectivity index (χ0) is 13.2. The average molecular weight is 255 g/mol. The molecule has 0 amide bonds. The van der Waals surface area contributed by atoms with Crippen molar-refractivity contribution in [3.63, 3.8) is 0 Å². The van der Waals surface area contributed by atoms with Gasteiger partial charge in [0.05, 0.1) is 5.69 Å². The number of hydrogen-bond donors (Lipinski definition) is 2. The van der Waals surface area contributed by atoms with Gasteiger partial charge in [0.2, 0.25) is 0 Å². The number of nitrogens with zero attached hydrogens (tertiary/aromatic N) is 1. The van der Waals surface area contributed by atoms with E-state index in [4.69, 9.17) is 10.7 Å². The van der Waals surface area contributed by atoms with Crippen LogP contribution in [0.4, 0.5) is 5.69 Å². The van der Waals surface area contributed by atoms with Gasteiger partial charge in [-0.25, -0.2) is 4.98 Å². The van der Waals surface area contributed by atoms with Crippen LogP contribution in [0.5, 0.6) is 0 Å². The molecule has 3 N–H and O–H groups in total. The fourth-order valence-electron chi connectivity index (χ4n) is 3.03. The van der Waals surface area contributed by atoms with Crippen molar-refractivity contribution >= 4 is 5.69 Å². The zero-order valence-corrected chi connectivity index (χ0v) is 11.4. The van der Waals surface area contributed by atoms with Gasteiger partial charge < -0.3 is 10.7 Å². The molecule has 1 aromatic carbocycles. The van der Waals surface area contributed by atoms with E-state index in [0.29, 0.717) is 5.92 Å². The van der Waals surface area contributed by atoms with Gasteiger partial charge in [-0.1, -0.05) is 19.3 Å². The summed E-state index contributed by atoms with van der Waals surface area (Å²) in [5.41, 5.74) is 10.1. The van der Waals surface area contributed by atoms with Crippen LogP contribution in [-0.4, -0.2) is 9.97 Å². The number of nitrogen functional groups attached to an aromatic ring is 1. The molecule has 1 aliphatic carbocycles. The van der Waals surface area contributed by atoms with Gasteiger partial charge in [-0.15, -0.1) is 0 Å². The van der Waals surface area contributed by atoms with Gasteiger partial charge in [-0.3, -0.25) is 0 Å². The Morgan fingerprint density at radius 3 is 2.47 bits per heavy atom. The summed E-state index contributed by atoms with van der Waals surface area (Å²) in [5, 5.41) is 0. The molecule has 3 rings (SSSR count). The predicted molar refractivity (Wildman–Crippen MR) is 79.0 cm³/mol. The Balaban J connectivity index is 1.90. The highest BCUT2D eigenvalue weighted by molar-refractivity contribution is 5.59. The van der Waals surface area contributed by atoms with Crippen LogP contribution in [0.15, 0.2) is 24.3 Å². The highest BCUT2D eigenvalue weighted by atomic mass is 14.9. The molecule has 100 valence electrons. The fourth-order valence-corrected chi connectivity index (χ4v) is 3.03. The van der Waals surface area contributed by atoms with E-state index in [1.807, 2.05) is 24.3 Å². The van der Waals surface area contributed by atoms with Crippen LogP contribution in [0.3, 0.4) is 0 Å².